The van der Waals surface area contributed by atoms with Gasteiger partial charge in [0.05, 0.1) is 46.6 Å². The minimum absolute atomic E-state index is 0.175. The fraction of sp³-hybridized carbons (Fsp3) is 0.269. The first kappa shape index (κ1) is 26.4. The molecule has 13 heteroatoms. The third kappa shape index (κ3) is 5.11. The Morgan fingerprint density at radius 3 is 2.51 bits per heavy atom. The molecule has 0 unspecified atom stereocenters. The number of pyridine rings is 1. The predicted molar refractivity (Wildman–Crippen MR) is 140 cm³/mol. The number of carbonyl (C=O) groups excluding carboxylic acids is 1. The molecule has 5 rings (SSSR count). The van der Waals surface area contributed by atoms with Crippen LogP contribution in [0.15, 0.2) is 36.7 Å². The number of hydrogen-bond donors (Lipinski definition) is 1. The third-order valence-corrected chi connectivity index (χ3v) is 6.77. The smallest absolute Gasteiger partial charge is 0.264 e. The summed E-state index contributed by atoms with van der Waals surface area (Å²) in [6.07, 6.45) is 0.444. The second-order valence-electron chi connectivity index (χ2n) is 9.23. The molecule has 0 saturated carbocycles. The van der Waals surface area contributed by atoms with Crippen LogP contribution in [0.4, 0.5) is 18.9 Å². The molecule has 4 aromatic heterocycles. The zero-order chi connectivity index (χ0) is 28.0. The Morgan fingerprint density at radius 1 is 1.10 bits per heavy atom. The largest absolute Gasteiger partial charge is 0.321 e. The van der Waals surface area contributed by atoms with E-state index in [4.69, 9.17) is 11.6 Å². The van der Waals surface area contributed by atoms with Crippen molar-refractivity contribution in [2.75, 3.05) is 5.32 Å². The Hall–Kier alpha value is -4.19. The van der Waals surface area contributed by atoms with Gasteiger partial charge in [-0.1, -0.05) is 17.7 Å². The molecule has 9 nitrogen and oxygen atoms in total. The zero-order valence-corrected chi connectivity index (χ0v) is 22.3. The number of alkyl halides is 2. The summed E-state index contributed by atoms with van der Waals surface area (Å²) in [5, 5.41) is 16.3. The van der Waals surface area contributed by atoms with E-state index < -0.39 is 18.1 Å². The number of rotatable bonds is 7. The highest BCUT2D eigenvalue weighted by Gasteiger charge is 2.23. The number of aryl methyl sites for hydroxylation is 3. The number of carbonyl (C=O) groups is 1. The molecule has 1 N–H and O–H groups in total. The zero-order valence-electron chi connectivity index (χ0n) is 21.5. The number of nitrogens with one attached hydrogen (secondary N) is 1. The van der Waals surface area contributed by atoms with E-state index >= 15 is 0 Å². The monoisotopic (exact) mass is 556 g/mol. The number of fused-ring (bicyclic) bond motifs is 1. The van der Waals surface area contributed by atoms with Crippen LogP contribution in [0.1, 0.15) is 34.6 Å². The Balaban J connectivity index is 1.44. The summed E-state index contributed by atoms with van der Waals surface area (Å²) < 4.78 is 46.0. The van der Waals surface area contributed by atoms with Gasteiger partial charge in [0.25, 0.3) is 6.43 Å². The van der Waals surface area contributed by atoms with Crippen molar-refractivity contribution in [3.63, 3.8) is 0 Å². The van der Waals surface area contributed by atoms with Crippen LogP contribution in [0.2, 0.25) is 5.02 Å². The van der Waals surface area contributed by atoms with Gasteiger partial charge in [0.15, 0.2) is 5.65 Å². The predicted octanol–water partition coefficient (Wildman–Crippen LogP) is 5.37. The lowest BCUT2D eigenvalue weighted by Crippen LogP contribution is -2.20. The topological polar surface area (TPSA) is 95.5 Å². The van der Waals surface area contributed by atoms with E-state index in [9.17, 15) is 18.0 Å². The molecule has 0 fully saturated rings. The van der Waals surface area contributed by atoms with Crippen LogP contribution in [0.5, 0.6) is 0 Å². The van der Waals surface area contributed by atoms with Gasteiger partial charge >= 0.3 is 0 Å². The first-order chi connectivity index (χ1) is 18.5. The van der Waals surface area contributed by atoms with Crippen molar-refractivity contribution in [3.05, 3.63) is 75.7 Å². The number of nitrogens with zero attached hydrogens (tertiary/aromatic N) is 7. The van der Waals surface area contributed by atoms with Gasteiger partial charge in [-0.05, 0) is 44.5 Å². The average molecular weight is 557 g/mol. The van der Waals surface area contributed by atoms with Gasteiger partial charge in [-0.3, -0.25) is 14.2 Å². The van der Waals surface area contributed by atoms with Crippen molar-refractivity contribution in [1.82, 2.24) is 34.3 Å². The molecular formula is C26H24ClF3N8O. The molecule has 0 saturated heterocycles. The number of benzene rings is 1. The highest BCUT2D eigenvalue weighted by molar-refractivity contribution is 6.31. The van der Waals surface area contributed by atoms with E-state index in [1.54, 1.807) is 49.4 Å². The number of halogens is 4. The molecule has 5 aromatic rings. The Bertz CT molecular complexity index is 1720. The molecule has 1 amide bonds. The standard InChI is InChI=1S/C26H24ClF3N8O/c1-13-23-19(25(29)30)8-21(17-9-31-36(4)10-17)32-26(23)38(34-13)12-22(39)33-24-14(2)35-37(15(24)3)11-16-5-6-18(28)7-20(16)27/h5-10,25H,11-12H2,1-4H3,(H,33,39). The van der Waals surface area contributed by atoms with Crippen molar-refractivity contribution in [1.29, 1.82) is 0 Å². The van der Waals surface area contributed by atoms with Crippen molar-refractivity contribution >= 4 is 34.2 Å². The molecule has 0 radical (unpaired) electrons. The molecular weight excluding hydrogens is 533 g/mol. The molecule has 4 heterocycles. The highest BCUT2D eigenvalue weighted by Crippen LogP contribution is 2.33. The molecule has 0 atom stereocenters. The average Bonchev–Trinajstić information content (AvgIpc) is 3.52. The first-order valence-electron chi connectivity index (χ1n) is 11.9. The van der Waals surface area contributed by atoms with Crippen LogP contribution in [0.25, 0.3) is 22.3 Å². The normalized spacial score (nSPS) is 11.6. The molecule has 0 spiro atoms. The van der Waals surface area contributed by atoms with Gasteiger partial charge in [-0.25, -0.2) is 22.8 Å². The number of aromatic nitrogens is 7. The maximum Gasteiger partial charge on any atom is 0.264 e. The van der Waals surface area contributed by atoms with Crippen molar-refractivity contribution < 1.29 is 18.0 Å². The summed E-state index contributed by atoms with van der Waals surface area (Å²) in [7, 11) is 1.72. The van der Waals surface area contributed by atoms with Gasteiger partial charge in [0.1, 0.15) is 12.4 Å². The summed E-state index contributed by atoms with van der Waals surface area (Å²) in [6.45, 7) is 5.16. The quantitative estimate of drug-likeness (QED) is 0.291. The van der Waals surface area contributed by atoms with Crippen molar-refractivity contribution in [2.24, 2.45) is 7.05 Å². The van der Waals surface area contributed by atoms with Gasteiger partial charge < -0.3 is 5.32 Å². The van der Waals surface area contributed by atoms with Crippen LogP contribution < -0.4 is 5.32 Å². The number of hydrogen-bond acceptors (Lipinski definition) is 5. The maximum absolute atomic E-state index is 14.0. The third-order valence-electron chi connectivity index (χ3n) is 6.42. The van der Waals surface area contributed by atoms with Crippen LogP contribution >= 0.6 is 11.6 Å². The van der Waals surface area contributed by atoms with E-state index in [0.29, 0.717) is 39.6 Å². The SMILES string of the molecule is Cc1nn(Cc2ccc(F)cc2Cl)c(C)c1NC(=O)Cn1nc(C)c2c(C(F)F)cc(-c3cnn(C)c3)nc21. The fourth-order valence-corrected chi connectivity index (χ4v) is 4.76. The Labute approximate surface area is 226 Å². The minimum Gasteiger partial charge on any atom is -0.321 e. The second kappa shape index (κ2) is 10.2. The highest BCUT2D eigenvalue weighted by atomic mass is 35.5. The lowest BCUT2D eigenvalue weighted by Gasteiger charge is -2.10. The van der Waals surface area contributed by atoms with Crippen molar-refractivity contribution in [2.45, 2.75) is 40.3 Å². The Morgan fingerprint density at radius 2 is 1.85 bits per heavy atom. The van der Waals surface area contributed by atoms with E-state index in [0.717, 1.165) is 0 Å². The second-order valence-corrected chi connectivity index (χ2v) is 9.64. The van der Waals surface area contributed by atoms with Gasteiger partial charge in [0, 0.05) is 29.4 Å². The van der Waals surface area contributed by atoms with Crippen LogP contribution in [0, 0.1) is 26.6 Å². The molecule has 1 aromatic carbocycles. The van der Waals surface area contributed by atoms with Crippen molar-refractivity contribution in [3.8, 4) is 11.3 Å². The molecule has 0 bridgehead atoms. The molecule has 0 aliphatic rings. The van der Waals surface area contributed by atoms with Gasteiger partial charge in [-0.2, -0.15) is 15.3 Å². The van der Waals surface area contributed by atoms with E-state index in [1.807, 2.05) is 0 Å². The van der Waals surface area contributed by atoms with E-state index in [2.05, 4.69) is 25.6 Å². The summed E-state index contributed by atoms with van der Waals surface area (Å²) in [5.41, 5.74) is 3.59. The van der Waals surface area contributed by atoms with Crippen LogP contribution in [-0.2, 0) is 24.9 Å². The number of anilines is 1. The maximum atomic E-state index is 14.0. The molecule has 0 aliphatic carbocycles. The Kier molecular flexibility index (Phi) is 6.89. The first-order valence-corrected chi connectivity index (χ1v) is 12.3. The van der Waals surface area contributed by atoms with E-state index in [1.165, 1.54) is 29.1 Å². The lowest BCUT2D eigenvalue weighted by atomic mass is 10.1. The summed E-state index contributed by atoms with van der Waals surface area (Å²) in [4.78, 5) is 17.7. The van der Waals surface area contributed by atoms with Crippen LogP contribution in [0.3, 0.4) is 0 Å². The fourth-order valence-electron chi connectivity index (χ4n) is 4.53. The lowest BCUT2D eigenvalue weighted by molar-refractivity contribution is -0.116. The van der Waals surface area contributed by atoms with E-state index in [-0.39, 0.29) is 34.7 Å². The van der Waals surface area contributed by atoms with Gasteiger partial charge in [0.2, 0.25) is 5.91 Å². The summed E-state index contributed by atoms with van der Waals surface area (Å²) in [6, 6.07) is 5.46. The number of amides is 1. The molecule has 0 aliphatic heterocycles. The minimum atomic E-state index is -2.76. The summed E-state index contributed by atoms with van der Waals surface area (Å²) in [5.74, 6) is -0.869. The molecule has 39 heavy (non-hydrogen) atoms. The van der Waals surface area contributed by atoms with Gasteiger partial charge in [-0.15, -0.1) is 0 Å². The summed E-state index contributed by atoms with van der Waals surface area (Å²) >= 11 is 6.17. The molecule has 202 valence electrons. The van der Waals surface area contributed by atoms with Crippen LogP contribution in [-0.4, -0.2) is 40.2 Å².